The fraction of sp³-hybridized carbons (Fsp3) is 0.387. The zero-order chi connectivity index (χ0) is 27.7. The molecule has 5 rings (SSSR count). The lowest BCUT2D eigenvalue weighted by Gasteiger charge is -2.39. The van der Waals surface area contributed by atoms with E-state index in [1.807, 2.05) is 6.07 Å². The summed E-state index contributed by atoms with van der Waals surface area (Å²) in [7, 11) is -2.43. The third-order valence-electron chi connectivity index (χ3n) is 7.88. The summed E-state index contributed by atoms with van der Waals surface area (Å²) < 4.78 is 40.6. The molecule has 1 heterocycles. The highest BCUT2D eigenvalue weighted by atomic mass is 32.3. The molecular weight excluding hydrogens is 517 g/mol. The predicted octanol–water partition coefficient (Wildman–Crippen LogP) is 7.52. The number of hydrogen-bond donors (Lipinski definition) is 4. The van der Waals surface area contributed by atoms with Crippen LogP contribution in [0.4, 0.5) is 10.1 Å². The molecule has 0 spiro atoms. The van der Waals surface area contributed by atoms with Crippen LogP contribution in [-0.4, -0.2) is 37.8 Å². The quantitative estimate of drug-likeness (QED) is 0.230. The zero-order valence-corrected chi connectivity index (χ0v) is 23.2. The second kappa shape index (κ2) is 11.2. The number of fused-ring (bicyclic) bond motifs is 1. The number of halogens is 1. The fourth-order valence-electron chi connectivity index (χ4n) is 5.93. The second-order valence-corrected chi connectivity index (χ2v) is 13.2. The zero-order valence-electron chi connectivity index (χ0n) is 22.4. The van der Waals surface area contributed by atoms with E-state index in [4.69, 9.17) is 9.84 Å². The normalized spacial score (nSPS) is 19.4. The molecule has 0 radical (unpaired) electrons. The Kier molecular flexibility index (Phi) is 7.89. The molecule has 1 fully saturated rings. The highest BCUT2D eigenvalue weighted by Crippen LogP contribution is 2.45. The largest absolute Gasteiger partial charge is 0.490 e. The van der Waals surface area contributed by atoms with Crippen molar-refractivity contribution in [3.63, 3.8) is 0 Å². The maximum Gasteiger partial charge on any atom is 0.303 e. The van der Waals surface area contributed by atoms with Crippen molar-refractivity contribution in [2.45, 2.75) is 64.5 Å². The van der Waals surface area contributed by atoms with Crippen molar-refractivity contribution >= 4 is 22.2 Å². The van der Waals surface area contributed by atoms with Gasteiger partial charge in [-0.15, -0.1) is 0 Å². The fourth-order valence-corrected chi connectivity index (χ4v) is 7.42. The summed E-state index contributed by atoms with van der Waals surface area (Å²) in [5, 5.41) is 12.4. The third kappa shape index (κ3) is 6.24. The van der Waals surface area contributed by atoms with Gasteiger partial charge in [0.05, 0.1) is 6.04 Å². The molecule has 3 aromatic carbocycles. The van der Waals surface area contributed by atoms with Gasteiger partial charge < -0.3 is 15.2 Å². The summed E-state index contributed by atoms with van der Waals surface area (Å²) >= 11 is 0. The standard InChI is InChI=1S/C31H36FNO5S/c1-19-16-24(38-23-12-14-39(36,37)15-13-23)17-20(2)31(19)27-5-3-4-26-25(27)9-10-29(26)33-22-8-6-21(28(32)18-22)7-11-30(34)35/h3-6,8,16-18,23,29,33,36-37H,7,9-15H2,1-2H3,(H,34,35). The first-order chi connectivity index (χ1) is 18.6. The van der Waals surface area contributed by atoms with Gasteiger partial charge in [-0.25, -0.2) is 4.39 Å². The second-order valence-electron chi connectivity index (χ2n) is 10.8. The molecule has 8 heteroatoms. The molecule has 1 atom stereocenters. The summed E-state index contributed by atoms with van der Waals surface area (Å²) in [5.74, 6) is 0.302. The lowest BCUT2D eigenvalue weighted by atomic mass is 9.90. The summed E-state index contributed by atoms with van der Waals surface area (Å²) in [6, 6.07) is 15.5. The maximum atomic E-state index is 14.6. The van der Waals surface area contributed by atoms with Crippen molar-refractivity contribution in [2.75, 3.05) is 16.8 Å². The molecule has 0 aromatic heterocycles. The molecule has 3 aromatic rings. The van der Waals surface area contributed by atoms with Gasteiger partial charge in [0.25, 0.3) is 0 Å². The molecule has 1 unspecified atom stereocenters. The number of nitrogens with one attached hydrogen (secondary N) is 1. The van der Waals surface area contributed by atoms with Gasteiger partial charge >= 0.3 is 5.97 Å². The van der Waals surface area contributed by atoms with Crippen LogP contribution in [0.15, 0.2) is 48.5 Å². The van der Waals surface area contributed by atoms with Crippen LogP contribution < -0.4 is 10.1 Å². The molecule has 1 aliphatic heterocycles. The number of aliphatic carboxylic acids is 1. The van der Waals surface area contributed by atoms with Gasteiger partial charge in [-0.2, -0.15) is 10.6 Å². The molecular formula is C31H36FNO5S. The van der Waals surface area contributed by atoms with Crippen molar-refractivity contribution in [3.05, 3.63) is 82.2 Å². The highest BCUT2D eigenvalue weighted by molar-refractivity contribution is 8.24. The Morgan fingerprint density at radius 3 is 2.44 bits per heavy atom. The number of benzene rings is 3. The minimum Gasteiger partial charge on any atom is -0.490 e. The third-order valence-corrected chi connectivity index (χ3v) is 9.66. The average molecular weight is 554 g/mol. The van der Waals surface area contributed by atoms with Crippen molar-refractivity contribution in [2.24, 2.45) is 0 Å². The van der Waals surface area contributed by atoms with Gasteiger partial charge in [0, 0.05) is 36.5 Å². The number of carbonyl (C=O) groups is 1. The molecule has 2 aliphatic rings. The Bertz CT molecular complexity index is 1360. The maximum absolute atomic E-state index is 14.6. The summed E-state index contributed by atoms with van der Waals surface area (Å²) in [6.07, 6.45) is 3.19. The number of rotatable bonds is 8. The van der Waals surface area contributed by atoms with Crippen LogP contribution in [0.2, 0.25) is 0 Å². The number of ether oxygens (including phenoxy) is 1. The number of carboxylic acids is 1. The van der Waals surface area contributed by atoms with E-state index in [0.717, 1.165) is 29.7 Å². The Morgan fingerprint density at radius 1 is 1.05 bits per heavy atom. The Labute approximate surface area is 230 Å². The topological polar surface area (TPSA) is 99.0 Å². The predicted molar refractivity (Wildman–Crippen MR) is 155 cm³/mol. The van der Waals surface area contributed by atoms with Gasteiger partial charge in [0.1, 0.15) is 17.7 Å². The van der Waals surface area contributed by atoms with Gasteiger partial charge in [0.15, 0.2) is 0 Å². The van der Waals surface area contributed by atoms with Crippen molar-refractivity contribution in [3.8, 4) is 16.9 Å². The van der Waals surface area contributed by atoms with E-state index in [2.05, 4.69) is 49.5 Å². The van der Waals surface area contributed by atoms with E-state index in [9.17, 15) is 18.3 Å². The number of anilines is 1. The summed E-state index contributed by atoms with van der Waals surface area (Å²) in [4.78, 5) is 10.8. The van der Waals surface area contributed by atoms with Gasteiger partial charge in [0.2, 0.25) is 0 Å². The van der Waals surface area contributed by atoms with Crippen LogP contribution >= 0.6 is 10.6 Å². The van der Waals surface area contributed by atoms with Crippen LogP contribution in [0, 0.1) is 19.7 Å². The van der Waals surface area contributed by atoms with E-state index >= 15 is 0 Å². The van der Waals surface area contributed by atoms with E-state index in [1.54, 1.807) is 6.07 Å². The molecule has 6 nitrogen and oxygen atoms in total. The molecule has 1 saturated heterocycles. The van der Waals surface area contributed by atoms with Gasteiger partial charge in [-0.3, -0.25) is 13.9 Å². The average Bonchev–Trinajstić information content (AvgIpc) is 3.28. The lowest BCUT2D eigenvalue weighted by molar-refractivity contribution is -0.136. The highest BCUT2D eigenvalue weighted by Gasteiger charge is 2.28. The Morgan fingerprint density at radius 2 is 1.77 bits per heavy atom. The van der Waals surface area contributed by atoms with Crippen molar-refractivity contribution < 1.29 is 28.1 Å². The van der Waals surface area contributed by atoms with Gasteiger partial charge in [-0.1, -0.05) is 24.3 Å². The molecule has 0 amide bonds. The minimum absolute atomic E-state index is 0.00143. The minimum atomic E-state index is -2.43. The molecule has 0 bridgehead atoms. The van der Waals surface area contributed by atoms with Gasteiger partial charge in [-0.05, 0) is 96.3 Å². The van der Waals surface area contributed by atoms with Crippen molar-refractivity contribution in [1.82, 2.24) is 0 Å². The first kappa shape index (κ1) is 27.5. The first-order valence-corrected chi connectivity index (χ1v) is 15.4. The van der Waals surface area contributed by atoms with E-state index < -0.39 is 16.6 Å². The molecule has 208 valence electrons. The Balaban J connectivity index is 1.33. The monoisotopic (exact) mass is 553 g/mol. The Hall–Kier alpha value is -3.07. The van der Waals surface area contributed by atoms with E-state index in [0.29, 0.717) is 35.6 Å². The van der Waals surface area contributed by atoms with Crippen LogP contribution in [0.25, 0.3) is 11.1 Å². The SMILES string of the molecule is Cc1cc(OC2CCS(O)(O)CC2)cc(C)c1-c1cccc2c1CCC2Nc1ccc(CCC(=O)O)c(F)c1. The summed E-state index contributed by atoms with van der Waals surface area (Å²) in [5.41, 5.74) is 8.28. The van der Waals surface area contributed by atoms with Crippen LogP contribution in [-0.2, 0) is 17.6 Å². The van der Waals surface area contributed by atoms with Crippen LogP contribution in [0.1, 0.15) is 59.5 Å². The van der Waals surface area contributed by atoms with Crippen LogP contribution in [0.5, 0.6) is 5.75 Å². The van der Waals surface area contributed by atoms with E-state index in [1.165, 1.54) is 28.3 Å². The first-order valence-electron chi connectivity index (χ1n) is 13.5. The van der Waals surface area contributed by atoms with Crippen LogP contribution in [0.3, 0.4) is 0 Å². The smallest absolute Gasteiger partial charge is 0.303 e. The summed E-state index contributed by atoms with van der Waals surface area (Å²) in [6.45, 7) is 4.21. The van der Waals surface area contributed by atoms with Crippen molar-refractivity contribution in [1.29, 1.82) is 0 Å². The number of hydrogen-bond acceptors (Lipinski definition) is 5. The van der Waals surface area contributed by atoms with E-state index in [-0.39, 0.29) is 30.8 Å². The molecule has 0 saturated carbocycles. The number of carboxylic acid groups (broad SMARTS) is 1. The number of aryl methyl sites for hydroxylation is 3. The molecule has 4 N–H and O–H groups in total. The molecule has 1 aliphatic carbocycles. The lowest BCUT2D eigenvalue weighted by Crippen LogP contribution is -2.28. The molecule has 39 heavy (non-hydrogen) atoms.